The average Bonchev–Trinajstić information content (AvgIpc) is 2.62. The Hall–Kier alpha value is -2.07. The van der Waals surface area contributed by atoms with E-state index in [-0.39, 0.29) is 5.57 Å². The fraction of sp³-hybridized carbons (Fsp3) is 0.100. The van der Waals surface area contributed by atoms with Gasteiger partial charge in [-0.25, -0.2) is 0 Å². The third kappa shape index (κ3) is 5.70. The number of hydrogen-bond acceptors (Lipinski definition) is 3. The second kappa shape index (κ2) is 9.75. The first-order valence-electron chi connectivity index (χ1n) is 7.77. The van der Waals surface area contributed by atoms with Gasteiger partial charge in [0.05, 0.1) is 8.95 Å². The van der Waals surface area contributed by atoms with Gasteiger partial charge in [0.2, 0.25) is 0 Å². The van der Waals surface area contributed by atoms with Crippen LogP contribution in [0.3, 0.4) is 0 Å². The summed E-state index contributed by atoms with van der Waals surface area (Å²) in [6.45, 7) is 5.84. The van der Waals surface area contributed by atoms with Crippen molar-refractivity contribution in [3.63, 3.8) is 0 Å². The predicted molar refractivity (Wildman–Crippen MR) is 116 cm³/mol. The summed E-state index contributed by atoms with van der Waals surface area (Å²) in [7, 11) is 0. The molecule has 0 unspecified atom stereocenters. The highest BCUT2D eigenvalue weighted by molar-refractivity contribution is 9.11. The molecule has 0 aromatic heterocycles. The van der Waals surface area contributed by atoms with E-state index in [0.717, 1.165) is 5.56 Å². The van der Waals surface area contributed by atoms with Gasteiger partial charge in [-0.05, 0) is 80.3 Å². The third-order valence-electron chi connectivity index (χ3n) is 3.47. The van der Waals surface area contributed by atoms with Crippen molar-refractivity contribution in [1.29, 1.82) is 5.26 Å². The summed E-state index contributed by atoms with van der Waals surface area (Å²) >= 11 is 12.9. The number of amides is 1. The third-order valence-corrected chi connectivity index (χ3v) is 5.06. The summed E-state index contributed by atoms with van der Waals surface area (Å²) in [5.41, 5.74) is 2.05. The first-order valence-corrected chi connectivity index (χ1v) is 9.74. The summed E-state index contributed by atoms with van der Waals surface area (Å²) in [4.78, 5) is 12.4. The van der Waals surface area contributed by atoms with E-state index in [1.165, 1.54) is 6.08 Å². The summed E-state index contributed by atoms with van der Waals surface area (Å²) in [5, 5.41) is 12.6. The van der Waals surface area contributed by atoms with Crippen LogP contribution in [-0.4, -0.2) is 12.5 Å². The summed E-state index contributed by atoms with van der Waals surface area (Å²) in [6.07, 6.45) is 3.14. The van der Waals surface area contributed by atoms with Crippen molar-refractivity contribution in [3.8, 4) is 11.8 Å². The number of benzene rings is 2. The summed E-state index contributed by atoms with van der Waals surface area (Å²) in [6, 6.07) is 10.6. The molecule has 2 aromatic rings. The molecule has 0 bridgehead atoms. The number of nitrogens with zero attached hydrogens (tertiary/aromatic N) is 1. The molecule has 1 N–H and O–H groups in total. The molecule has 0 heterocycles. The lowest BCUT2D eigenvalue weighted by atomic mass is 10.1. The van der Waals surface area contributed by atoms with Gasteiger partial charge >= 0.3 is 0 Å². The Morgan fingerprint density at radius 2 is 2.00 bits per heavy atom. The molecule has 0 saturated heterocycles. The molecule has 7 heteroatoms. The Morgan fingerprint density at radius 1 is 1.33 bits per heavy atom. The zero-order chi connectivity index (χ0) is 20.0. The van der Waals surface area contributed by atoms with E-state index in [2.05, 4.69) is 43.8 Å². The van der Waals surface area contributed by atoms with Crippen LogP contribution in [0.4, 0.5) is 5.69 Å². The van der Waals surface area contributed by atoms with Crippen molar-refractivity contribution in [2.24, 2.45) is 0 Å². The predicted octanol–water partition coefficient (Wildman–Crippen LogP) is 6.28. The van der Waals surface area contributed by atoms with Crippen LogP contribution in [0.5, 0.6) is 5.75 Å². The number of nitrogens with one attached hydrogen (secondary N) is 1. The molecule has 0 fully saturated rings. The van der Waals surface area contributed by atoms with Gasteiger partial charge in [-0.15, -0.1) is 0 Å². The molecule has 0 radical (unpaired) electrons. The molecular formula is C20H15Br2ClN2O2. The first kappa shape index (κ1) is 21.2. The van der Waals surface area contributed by atoms with Gasteiger partial charge in [-0.1, -0.05) is 30.3 Å². The number of anilines is 1. The van der Waals surface area contributed by atoms with E-state index in [1.54, 1.807) is 36.4 Å². The number of carbonyl (C=O) groups is 1. The summed E-state index contributed by atoms with van der Waals surface area (Å²) < 4.78 is 6.94. The molecule has 4 nitrogen and oxygen atoms in total. The monoisotopic (exact) mass is 508 g/mol. The van der Waals surface area contributed by atoms with Gasteiger partial charge in [-0.2, -0.15) is 5.26 Å². The van der Waals surface area contributed by atoms with Gasteiger partial charge in [-0.3, -0.25) is 4.79 Å². The number of carbonyl (C=O) groups excluding carboxylic acids is 1. The van der Waals surface area contributed by atoms with Crippen molar-refractivity contribution in [2.75, 3.05) is 11.9 Å². The molecule has 0 aliphatic rings. The van der Waals surface area contributed by atoms with E-state index in [9.17, 15) is 10.1 Å². The van der Waals surface area contributed by atoms with Crippen molar-refractivity contribution < 1.29 is 9.53 Å². The number of nitriles is 1. The maximum Gasteiger partial charge on any atom is 0.266 e. The van der Waals surface area contributed by atoms with Crippen LogP contribution in [0.25, 0.3) is 6.08 Å². The van der Waals surface area contributed by atoms with Crippen LogP contribution < -0.4 is 10.1 Å². The lowest BCUT2D eigenvalue weighted by Gasteiger charge is -2.10. The molecule has 27 heavy (non-hydrogen) atoms. The SMILES string of the molecule is C=CCOc1c(Br)cc(/C=C(\C#N)C(=O)Nc2ccc(C)c(Cl)c2)cc1Br. The van der Waals surface area contributed by atoms with Crippen molar-refractivity contribution in [3.05, 3.63) is 73.7 Å². The van der Waals surface area contributed by atoms with E-state index < -0.39 is 5.91 Å². The lowest BCUT2D eigenvalue weighted by Crippen LogP contribution is -2.13. The minimum atomic E-state index is -0.517. The van der Waals surface area contributed by atoms with Gasteiger partial charge < -0.3 is 10.1 Å². The van der Waals surface area contributed by atoms with E-state index in [1.807, 2.05) is 13.0 Å². The molecule has 1 amide bonds. The van der Waals surface area contributed by atoms with Crippen LogP contribution in [0.2, 0.25) is 5.02 Å². The maximum atomic E-state index is 12.4. The minimum absolute atomic E-state index is 0.0368. The van der Waals surface area contributed by atoms with E-state index in [0.29, 0.717) is 37.6 Å². The van der Waals surface area contributed by atoms with E-state index >= 15 is 0 Å². The quantitative estimate of drug-likeness (QED) is 0.283. The number of halogens is 3. The topological polar surface area (TPSA) is 62.1 Å². The molecule has 2 rings (SSSR count). The van der Waals surface area contributed by atoms with Crippen LogP contribution in [0, 0.1) is 18.3 Å². The van der Waals surface area contributed by atoms with Crippen LogP contribution in [0.1, 0.15) is 11.1 Å². The molecule has 0 atom stereocenters. The first-order chi connectivity index (χ1) is 12.8. The number of hydrogen-bond donors (Lipinski definition) is 1. The zero-order valence-corrected chi connectivity index (χ0v) is 18.3. The zero-order valence-electron chi connectivity index (χ0n) is 14.4. The molecule has 0 aliphatic heterocycles. The smallest absolute Gasteiger partial charge is 0.266 e. The van der Waals surface area contributed by atoms with Crippen molar-refractivity contribution >= 4 is 61.1 Å². The van der Waals surface area contributed by atoms with Crippen LogP contribution in [0.15, 0.2) is 57.5 Å². The van der Waals surface area contributed by atoms with Gasteiger partial charge in [0, 0.05) is 10.7 Å². The summed E-state index contributed by atoms with van der Waals surface area (Å²) in [5.74, 6) is 0.0981. The highest BCUT2D eigenvalue weighted by Gasteiger charge is 2.13. The van der Waals surface area contributed by atoms with Crippen molar-refractivity contribution in [1.82, 2.24) is 0 Å². The second-order valence-electron chi connectivity index (χ2n) is 5.50. The van der Waals surface area contributed by atoms with E-state index in [4.69, 9.17) is 16.3 Å². The highest BCUT2D eigenvalue weighted by atomic mass is 79.9. The minimum Gasteiger partial charge on any atom is -0.487 e. The van der Waals surface area contributed by atoms with Gasteiger partial charge in [0.1, 0.15) is 24.0 Å². The molecule has 0 aliphatic carbocycles. The lowest BCUT2D eigenvalue weighted by molar-refractivity contribution is -0.112. The number of ether oxygens (including phenoxy) is 1. The number of rotatable bonds is 6. The van der Waals surface area contributed by atoms with Gasteiger partial charge in [0.15, 0.2) is 0 Å². The highest BCUT2D eigenvalue weighted by Crippen LogP contribution is 2.35. The molecule has 138 valence electrons. The van der Waals surface area contributed by atoms with Crippen LogP contribution in [-0.2, 0) is 4.79 Å². The Balaban J connectivity index is 2.26. The van der Waals surface area contributed by atoms with Crippen molar-refractivity contribution in [2.45, 2.75) is 6.92 Å². The van der Waals surface area contributed by atoms with Crippen LogP contribution >= 0.6 is 43.5 Å². The normalized spacial score (nSPS) is 10.9. The Kier molecular flexibility index (Phi) is 7.66. The molecule has 0 spiro atoms. The molecule has 0 saturated carbocycles. The van der Waals surface area contributed by atoms with Gasteiger partial charge in [0.25, 0.3) is 5.91 Å². The number of aryl methyl sites for hydroxylation is 1. The Bertz CT molecular complexity index is 942. The Morgan fingerprint density at radius 3 is 2.56 bits per heavy atom. The molecular weight excluding hydrogens is 495 g/mol. The maximum absolute atomic E-state index is 12.4. The second-order valence-corrected chi connectivity index (χ2v) is 7.62. The average molecular weight is 511 g/mol. The Labute approximate surface area is 179 Å². The standard InChI is InChI=1S/C20H15Br2ClN2O2/c1-3-6-27-19-16(21)8-13(9-17(19)22)7-14(11-24)20(26)25-15-5-4-12(2)18(23)10-15/h3-5,7-10H,1,6H2,2H3,(H,25,26)/b14-7+. The molecule has 2 aromatic carbocycles. The fourth-order valence-electron chi connectivity index (χ4n) is 2.13. The fourth-order valence-corrected chi connectivity index (χ4v) is 3.76. The largest absolute Gasteiger partial charge is 0.487 e.